The summed E-state index contributed by atoms with van der Waals surface area (Å²) in [6.07, 6.45) is 0. The van der Waals surface area contributed by atoms with Gasteiger partial charge in [0, 0.05) is 15.4 Å². The summed E-state index contributed by atoms with van der Waals surface area (Å²) in [5.74, 6) is -0.833. The zero-order valence-electron chi connectivity index (χ0n) is 9.95. The Morgan fingerprint density at radius 2 is 1.33 bits per heavy atom. The summed E-state index contributed by atoms with van der Waals surface area (Å²) in [5.41, 5.74) is 0. The number of thiol groups is 1. The topological polar surface area (TPSA) is 37.3 Å². The summed E-state index contributed by atoms with van der Waals surface area (Å²) in [6, 6.07) is 20.0. The number of hydrogen-bond donors (Lipinski definition) is 2. The minimum atomic E-state index is -0.833. The number of aliphatic carboxylic acids is 1. The lowest BCUT2D eigenvalue weighted by Crippen LogP contribution is -1.78. The summed E-state index contributed by atoms with van der Waals surface area (Å²) in [6.45, 7) is 1.08. The van der Waals surface area contributed by atoms with Gasteiger partial charge in [-0.25, -0.2) is 0 Å². The van der Waals surface area contributed by atoms with Crippen molar-refractivity contribution in [2.75, 3.05) is 0 Å². The first-order valence-corrected chi connectivity index (χ1v) is 6.69. The summed E-state index contributed by atoms with van der Waals surface area (Å²) < 4.78 is 1.29. The highest BCUT2D eigenvalue weighted by Gasteiger charge is 1.74. The standard InChI is InChI=1S/C6H5I.C6H6S.C2H4O2/c2*7-6-4-2-1-3-5-6;1-2(3)4/h1-5H;1-5,7H;1H3,(H,3,4). The average molecular weight is 374 g/mol. The van der Waals surface area contributed by atoms with E-state index in [4.69, 9.17) is 9.90 Å². The van der Waals surface area contributed by atoms with Crippen LogP contribution in [0.5, 0.6) is 0 Å². The molecule has 1 N–H and O–H groups in total. The number of carboxylic acid groups (broad SMARTS) is 1. The molecule has 96 valence electrons. The van der Waals surface area contributed by atoms with Crippen LogP contribution in [-0.2, 0) is 4.79 Å². The molecule has 0 spiro atoms. The van der Waals surface area contributed by atoms with Gasteiger partial charge >= 0.3 is 0 Å². The molecule has 0 aliphatic heterocycles. The molecule has 0 fully saturated rings. The molecule has 0 saturated carbocycles. The average Bonchev–Trinajstić information content (AvgIpc) is 2.31. The van der Waals surface area contributed by atoms with Crippen LogP contribution in [-0.4, -0.2) is 11.1 Å². The molecule has 0 amide bonds. The molecule has 0 aliphatic rings. The van der Waals surface area contributed by atoms with E-state index in [0.29, 0.717) is 0 Å². The van der Waals surface area contributed by atoms with Crippen molar-refractivity contribution in [3.63, 3.8) is 0 Å². The lowest BCUT2D eigenvalue weighted by molar-refractivity contribution is -0.134. The molecule has 4 heteroatoms. The van der Waals surface area contributed by atoms with E-state index in [1.54, 1.807) is 0 Å². The van der Waals surface area contributed by atoms with E-state index in [1.807, 2.05) is 48.5 Å². The molecular weight excluding hydrogens is 359 g/mol. The van der Waals surface area contributed by atoms with Gasteiger partial charge in [0.2, 0.25) is 0 Å². The van der Waals surface area contributed by atoms with Gasteiger partial charge in [-0.2, -0.15) is 0 Å². The minimum Gasteiger partial charge on any atom is -0.481 e. The molecular formula is C14H15IO2S. The minimum absolute atomic E-state index is 0.833. The monoisotopic (exact) mass is 374 g/mol. The maximum atomic E-state index is 9.00. The van der Waals surface area contributed by atoms with E-state index in [-0.39, 0.29) is 0 Å². The van der Waals surface area contributed by atoms with Gasteiger partial charge in [0.25, 0.3) is 5.97 Å². The molecule has 0 atom stereocenters. The van der Waals surface area contributed by atoms with Crippen molar-refractivity contribution >= 4 is 41.2 Å². The van der Waals surface area contributed by atoms with E-state index in [0.717, 1.165) is 11.8 Å². The van der Waals surface area contributed by atoms with E-state index in [9.17, 15) is 0 Å². The van der Waals surface area contributed by atoms with E-state index < -0.39 is 5.97 Å². The Balaban J connectivity index is 0.000000253. The van der Waals surface area contributed by atoms with Crippen molar-refractivity contribution in [2.24, 2.45) is 0 Å². The predicted octanol–water partition coefficient (Wildman–Crippen LogP) is 4.36. The van der Waals surface area contributed by atoms with Gasteiger partial charge in [-0.1, -0.05) is 36.4 Å². The van der Waals surface area contributed by atoms with Crippen molar-refractivity contribution in [3.05, 3.63) is 64.2 Å². The van der Waals surface area contributed by atoms with Gasteiger partial charge < -0.3 is 5.11 Å². The highest BCUT2D eigenvalue weighted by atomic mass is 127. The van der Waals surface area contributed by atoms with Crippen molar-refractivity contribution in [3.8, 4) is 0 Å². The largest absolute Gasteiger partial charge is 0.481 e. The van der Waals surface area contributed by atoms with Gasteiger partial charge in [-0.3, -0.25) is 4.79 Å². The Hall–Kier alpha value is -1.01. The Kier molecular flexibility index (Phi) is 10.5. The van der Waals surface area contributed by atoms with E-state index in [1.165, 1.54) is 3.57 Å². The number of rotatable bonds is 0. The summed E-state index contributed by atoms with van der Waals surface area (Å²) >= 11 is 6.36. The van der Waals surface area contributed by atoms with Crippen LogP contribution in [0, 0.1) is 3.57 Å². The molecule has 0 radical (unpaired) electrons. The second kappa shape index (κ2) is 11.1. The lowest BCUT2D eigenvalue weighted by Gasteiger charge is -1.81. The smallest absolute Gasteiger partial charge is 0.300 e. The maximum Gasteiger partial charge on any atom is 0.300 e. The molecule has 2 aromatic rings. The Morgan fingerprint density at radius 1 is 1.00 bits per heavy atom. The first kappa shape index (κ1) is 17.0. The molecule has 0 saturated heterocycles. The third kappa shape index (κ3) is 13.1. The summed E-state index contributed by atoms with van der Waals surface area (Å²) in [4.78, 5) is 10.0. The Morgan fingerprint density at radius 3 is 1.50 bits per heavy atom. The number of carboxylic acids is 1. The van der Waals surface area contributed by atoms with Crippen LogP contribution < -0.4 is 0 Å². The number of carbonyl (C=O) groups is 1. The highest BCUT2D eigenvalue weighted by Crippen LogP contribution is 2.01. The van der Waals surface area contributed by atoms with E-state index >= 15 is 0 Å². The van der Waals surface area contributed by atoms with Crippen molar-refractivity contribution < 1.29 is 9.90 Å². The normalized spacial score (nSPS) is 8.17. The van der Waals surface area contributed by atoms with Crippen molar-refractivity contribution in [2.45, 2.75) is 11.8 Å². The number of benzene rings is 2. The van der Waals surface area contributed by atoms with Gasteiger partial charge in [0.1, 0.15) is 0 Å². The third-order valence-corrected chi connectivity index (χ3v) is 2.51. The lowest BCUT2D eigenvalue weighted by atomic mass is 10.4. The van der Waals surface area contributed by atoms with Gasteiger partial charge in [0.15, 0.2) is 0 Å². The molecule has 2 rings (SSSR count). The van der Waals surface area contributed by atoms with Gasteiger partial charge in [0.05, 0.1) is 0 Å². The summed E-state index contributed by atoms with van der Waals surface area (Å²) in [7, 11) is 0. The maximum absolute atomic E-state index is 9.00. The Bertz CT molecular complexity index is 391. The molecule has 2 aromatic carbocycles. The van der Waals surface area contributed by atoms with Crippen LogP contribution in [0.25, 0.3) is 0 Å². The van der Waals surface area contributed by atoms with Crippen LogP contribution in [0.15, 0.2) is 65.6 Å². The van der Waals surface area contributed by atoms with Crippen LogP contribution in [0.2, 0.25) is 0 Å². The summed E-state index contributed by atoms with van der Waals surface area (Å²) in [5, 5.41) is 7.42. The molecule has 0 unspecified atom stereocenters. The van der Waals surface area contributed by atoms with Crippen molar-refractivity contribution in [1.82, 2.24) is 0 Å². The van der Waals surface area contributed by atoms with Crippen LogP contribution >= 0.6 is 35.2 Å². The second-order valence-corrected chi connectivity index (χ2v) is 4.91. The zero-order valence-corrected chi connectivity index (χ0v) is 13.0. The van der Waals surface area contributed by atoms with Crippen LogP contribution in [0.1, 0.15) is 6.92 Å². The SMILES string of the molecule is CC(=O)O.Ic1ccccc1.Sc1ccccc1. The predicted molar refractivity (Wildman–Crippen MR) is 86.2 cm³/mol. The molecule has 18 heavy (non-hydrogen) atoms. The van der Waals surface area contributed by atoms with Crippen molar-refractivity contribution in [1.29, 1.82) is 0 Å². The highest BCUT2D eigenvalue weighted by molar-refractivity contribution is 14.1. The zero-order chi connectivity index (χ0) is 13.8. The molecule has 0 aliphatic carbocycles. The Labute approximate surface area is 127 Å². The molecule has 0 bridgehead atoms. The first-order chi connectivity index (χ1) is 8.52. The second-order valence-electron chi connectivity index (χ2n) is 3.15. The van der Waals surface area contributed by atoms with Gasteiger partial charge in [-0.15, -0.1) is 12.6 Å². The quantitative estimate of drug-likeness (QED) is 0.531. The number of hydrogen-bond acceptors (Lipinski definition) is 2. The first-order valence-electron chi connectivity index (χ1n) is 5.16. The van der Waals surface area contributed by atoms with Crippen LogP contribution in [0.4, 0.5) is 0 Å². The molecule has 0 aromatic heterocycles. The molecule has 0 heterocycles. The van der Waals surface area contributed by atoms with Crippen LogP contribution in [0.3, 0.4) is 0 Å². The fraction of sp³-hybridized carbons (Fsp3) is 0.0714. The fourth-order valence-corrected chi connectivity index (χ4v) is 1.43. The molecule has 2 nitrogen and oxygen atoms in total. The van der Waals surface area contributed by atoms with Gasteiger partial charge in [-0.05, 0) is 46.9 Å². The van der Waals surface area contributed by atoms with E-state index in [2.05, 4.69) is 47.4 Å². The number of halogens is 1. The fourth-order valence-electron chi connectivity index (χ4n) is 0.843. The third-order valence-electron chi connectivity index (χ3n) is 1.49.